The molecule has 1 spiro atoms. The molecule has 1 aliphatic heterocycles. The third kappa shape index (κ3) is 1.30. The van der Waals surface area contributed by atoms with Gasteiger partial charge in [0.05, 0.1) is 17.3 Å². The average molecular weight is 216 g/mol. The fraction of sp³-hybridized carbons (Fsp3) is 0.462. The topological polar surface area (TPSA) is 27.0 Å². The van der Waals surface area contributed by atoms with Gasteiger partial charge in [0.1, 0.15) is 5.82 Å². The van der Waals surface area contributed by atoms with Crippen LogP contribution in [-0.2, 0) is 0 Å². The summed E-state index contributed by atoms with van der Waals surface area (Å²) < 4.78 is 13.7. The Bertz CT molecular complexity index is 463. The SMILES string of the molecule is N#Cc1ccc(N2CC3(CCC3)C2)c(F)c1. The van der Waals surface area contributed by atoms with Crippen molar-refractivity contribution < 1.29 is 4.39 Å². The molecule has 0 bridgehead atoms. The number of nitriles is 1. The Kier molecular flexibility index (Phi) is 1.94. The number of anilines is 1. The lowest BCUT2D eigenvalue weighted by molar-refractivity contribution is 0.0897. The van der Waals surface area contributed by atoms with Crippen LogP contribution in [0, 0.1) is 22.6 Å². The highest BCUT2D eigenvalue weighted by Crippen LogP contribution is 2.49. The lowest BCUT2D eigenvalue weighted by Crippen LogP contribution is -2.60. The smallest absolute Gasteiger partial charge is 0.147 e. The van der Waals surface area contributed by atoms with Crippen molar-refractivity contribution in [3.63, 3.8) is 0 Å². The van der Waals surface area contributed by atoms with Crippen molar-refractivity contribution in [2.75, 3.05) is 18.0 Å². The van der Waals surface area contributed by atoms with Crippen LogP contribution in [0.3, 0.4) is 0 Å². The van der Waals surface area contributed by atoms with Gasteiger partial charge in [0, 0.05) is 18.5 Å². The van der Waals surface area contributed by atoms with Gasteiger partial charge in [-0.05, 0) is 31.0 Å². The zero-order valence-electron chi connectivity index (χ0n) is 9.04. The summed E-state index contributed by atoms with van der Waals surface area (Å²) in [6, 6.07) is 6.68. The molecule has 0 unspecified atom stereocenters. The first-order valence-corrected chi connectivity index (χ1v) is 5.67. The molecule has 3 rings (SSSR count). The van der Waals surface area contributed by atoms with E-state index in [1.165, 1.54) is 25.3 Å². The zero-order valence-corrected chi connectivity index (χ0v) is 9.04. The highest BCUT2D eigenvalue weighted by atomic mass is 19.1. The lowest BCUT2D eigenvalue weighted by Gasteiger charge is -2.57. The predicted molar refractivity (Wildman–Crippen MR) is 59.6 cm³/mol. The normalized spacial score (nSPS) is 21.1. The molecule has 0 radical (unpaired) electrons. The highest BCUT2D eigenvalue weighted by Gasteiger charge is 2.47. The average Bonchev–Trinajstić information content (AvgIpc) is 2.15. The fourth-order valence-electron chi connectivity index (χ4n) is 2.76. The van der Waals surface area contributed by atoms with Crippen LogP contribution in [0.25, 0.3) is 0 Å². The summed E-state index contributed by atoms with van der Waals surface area (Å²) in [5.41, 5.74) is 1.54. The maximum absolute atomic E-state index is 13.7. The quantitative estimate of drug-likeness (QED) is 0.721. The number of halogens is 1. The van der Waals surface area contributed by atoms with Gasteiger partial charge < -0.3 is 4.90 Å². The van der Waals surface area contributed by atoms with Crippen LogP contribution in [0.5, 0.6) is 0 Å². The van der Waals surface area contributed by atoms with Gasteiger partial charge in [-0.25, -0.2) is 4.39 Å². The van der Waals surface area contributed by atoms with E-state index in [-0.39, 0.29) is 5.82 Å². The molecule has 0 atom stereocenters. The summed E-state index contributed by atoms with van der Waals surface area (Å²) in [4.78, 5) is 2.08. The van der Waals surface area contributed by atoms with Gasteiger partial charge in [0.2, 0.25) is 0 Å². The van der Waals surface area contributed by atoms with E-state index >= 15 is 0 Å². The molecule has 1 saturated heterocycles. The van der Waals surface area contributed by atoms with Crippen molar-refractivity contribution >= 4 is 5.69 Å². The summed E-state index contributed by atoms with van der Waals surface area (Å²) in [5.74, 6) is -0.270. The van der Waals surface area contributed by atoms with Gasteiger partial charge >= 0.3 is 0 Å². The van der Waals surface area contributed by atoms with Gasteiger partial charge in [0.25, 0.3) is 0 Å². The van der Waals surface area contributed by atoms with Gasteiger partial charge in [-0.2, -0.15) is 5.26 Å². The van der Waals surface area contributed by atoms with E-state index in [9.17, 15) is 4.39 Å². The van der Waals surface area contributed by atoms with E-state index in [2.05, 4.69) is 4.90 Å². The minimum absolute atomic E-state index is 0.270. The third-order valence-electron chi connectivity index (χ3n) is 3.88. The predicted octanol–water partition coefficient (Wildman–Crippen LogP) is 2.69. The van der Waals surface area contributed by atoms with Gasteiger partial charge in [0.15, 0.2) is 0 Å². The number of hydrogen-bond acceptors (Lipinski definition) is 2. The Labute approximate surface area is 94.3 Å². The first kappa shape index (κ1) is 9.65. The molecular weight excluding hydrogens is 203 g/mol. The third-order valence-corrected chi connectivity index (χ3v) is 3.88. The highest BCUT2D eigenvalue weighted by molar-refractivity contribution is 5.54. The molecule has 0 aromatic heterocycles. The molecule has 0 amide bonds. The molecule has 1 heterocycles. The Morgan fingerprint density at radius 1 is 1.31 bits per heavy atom. The zero-order chi connectivity index (χ0) is 11.2. The van der Waals surface area contributed by atoms with Crippen molar-refractivity contribution in [3.05, 3.63) is 29.6 Å². The molecule has 1 aromatic carbocycles. The van der Waals surface area contributed by atoms with Crippen LogP contribution in [0.1, 0.15) is 24.8 Å². The van der Waals surface area contributed by atoms with E-state index in [0.717, 1.165) is 13.1 Å². The Morgan fingerprint density at radius 3 is 2.56 bits per heavy atom. The Morgan fingerprint density at radius 2 is 2.06 bits per heavy atom. The first-order chi connectivity index (χ1) is 7.72. The summed E-state index contributed by atoms with van der Waals surface area (Å²) in [7, 11) is 0. The Hall–Kier alpha value is -1.56. The van der Waals surface area contributed by atoms with Crippen molar-refractivity contribution in [1.82, 2.24) is 0 Å². The van der Waals surface area contributed by atoms with Crippen molar-refractivity contribution in [2.45, 2.75) is 19.3 Å². The lowest BCUT2D eigenvalue weighted by atomic mass is 9.63. The van der Waals surface area contributed by atoms with Crippen molar-refractivity contribution in [3.8, 4) is 6.07 Å². The maximum Gasteiger partial charge on any atom is 0.147 e. The second-order valence-electron chi connectivity index (χ2n) is 4.99. The van der Waals surface area contributed by atoms with Gasteiger partial charge in [-0.3, -0.25) is 0 Å². The minimum Gasteiger partial charge on any atom is -0.368 e. The van der Waals surface area contributed by atoms with Crippen LogP contribution in [0.15, 0.2) is 18.2 Å². The minimum atomic E-state index is -0.270. The summed E-state index contributed by atoms with van der Waals surface area (Å²) in [5, 5.41) is 8.66. The van der Waals surface area contributed by atoms with Crippen LogP contribution < -0.4 is 4.90 Å². The first-order valence-electron chi connectivity index (χ1n) is 5.67. The molecule has 82 valence electrons. The standard InChI is InChI=1S/C13H13FN2/c14-11-6-10(7-15)2-3-12(11)16-8-13(9-16)4-1-5-13/h2-3,6H,1,4-5,8-9H2. The second-order valence-corrected chi connectivity index (χ2v) is 4.99. The molecule has 2 fully saturated rings. The van der Waals surface area contributed by atoms with Crippen molar-refractivity contribution in [1.29, 1.82) is 5.26 Å². The number of nitrogens with zero attached hydrogens (tertiary/aromatic N) is 2. The summed E-state index contributed by atoms with van der Waals surface area (Å²) >= 11 is 0. The van der Waals surface area contributed by atoms with Crippen LogP contribution in [0.2, 0.25) is 0 Å². The molecule has 3 heteroatoms. The monoisotopic (exact) mass is 216 g/mol. The Balaban J connectivity index is 1.78. The van der Waals surface area contributed by atoms with Crippen molar-refractivity contribution in [2.24, 2.45) is 5.41 Å². The molecule has 16 heavy (non-hydrogen) atoms. The molecule has 1 aliphatic carbocycles. The van der Waals surface area contributed by atoms with E-state index in [0.29, 0.717) is 16.7 Å². The second kappa shape index (κ2) is 3.21. The number of hydrogen-bond donors (Lipinski definition) is 0. The van der Waals surface area contributed by atoms with Gasteiger partial charge in [-0.15, -0.1) is 0 Å². The van der Waals surface area contributed by atoms with Crippen LogP contribution >= 0.6 is 0 Å². The van der Waals surface area contributed by atoms with E-state index < -0.39 is 0 Å². The summed E-state index contributed by atoms with van der Waals surface area (Å²) in [6.07, 6.45) is 3.91. The largest absolute Gasteiger partial charge is 0.368 e. The van der Waals surface area contributed by atoms with Gasteiger partial charge in [-0.1, -0.05) is 6.42 Å². The summed E-state index contributed by atoms with van der Waals surface area (Å²) in [6.45, 7) is 1.96. The maximum atomic E-state index is 13.7. The van der Waals surface area contributed by atoms with Crippen LogP contribution in [-0.4, -0.2) is 13.1 Å². The molecule has 2 aliphatic rings. The number of benzene rings is 1. The molecule has 2 nitrogen and oxygen atoms in total. The van der Waals surface area contributed by atoms with E-state index in [1.54, 1.807) is 12.1 Å². The number of rotatable bonds is 1. The van der Waals surface area contributed by atoms with E-state index in [4.69, 9.17) is 5.26 Å². The molecular formula is C13H13FN2. The fourth-order valence-corrected chi connectivity index (χ4v) is 2.76. The van der Waals surface area contributed by atoms with E-state index in [1.807, 2.05) is 6.07 Å². The molecule has 1 saturated carbocycles. The van der Waals surface area contributed by atoms with Crippen LogP contribution in [0.4, 0.5) is 10.1 Å². The molecule has 1 aromatic rings. The molecule has 0 N–H and O–H groups in total.